The van der Waals surface area contributed by atoms with Gasteiger partial charge >= 0.3 is 6.18 Å². The number of aryl methyl sites for hydroxylation is 2. The van der Waals surface area contributed by atoms with E-state index in [4.69, 9.17) is 4.74 Å². The van der Waals surface area contributed by atoms with Crippen molar-refractivity contribution in [1.29, 1.82) is 0 Å². The highest BCUT2D eigenvalue weighted by Crippen LogP contribution is 2.38. The molecule has 4 rings (SSSR count). The highest BCUT2D eigenvalue weighted by atomic mass is 32.1. The van der Waals surface area contributed by atoms with E-state index in [9.17, 15) is 18.0 Å². The highest BCUT2D eigenvalue weighted by molar-refractivity contribution is 7.11. The first-order chi connectivity index (χ1) is 14.7. The van der Waals surface area contributed by atoms with Crippen LogP contribution in [0.25, 0.3) is 0 Å². The zero-order valence-electron chi connectivity index (χ0n) is 16.9. The molecule has 162 valence electrons. The number of hydrogen-bond donors (Lipinski definition) is 0. The van der Waals surface area contributed by atoms with Crippen LogP contribution in [0.15, 0.2) is 42.6 Å². The average Bonchev–Trinajstić information content (AvgIpc) is 3.13. The molecule has 2 aromatic heterocycles. The number of aromatic nitrogens is 2. The number of carbonyl (C=O) groups excluding carboxylic acids is 1. The van der Waals surface area contributed by atoms with Crippen LogP contribution >= 0.6 is 11.3 Å². The quantitative estimate of drug-likeness (QED) is 0.507. The molecule has 0 saturated carbocycles. The van der Waals surface area contributed by atoms with Crippen LogP contribution in [0.1, 0.15) is 50.4 Å². The van der Waals surface area contributed by atoms with Gasteiger partial charge in [-0.25, -0.2) is 9.97 Å². The van der Waals surface area contributed by atoms with Gasteiger partial charge in [0.25, 0.3) is 5.91 Å². The van der Waals surface area contributed by atoms with Gasteiger partial charge in [-0.3, -0.25) is 4.79 Å². The van der Waals surface area contributed by atoms with E-state index in [1.54, 1.807) is 47.5 Å². The molecule has 5 nitrogen and oxygen atoms in total. The molecule has 0 unspecified atom stereocenters. The Morgan fingerprint density at radius 3 is 2.58 bits per heavy atom. The van der Waals surface area contributed by atoms with Gasteiger partial charge in [0.05, 0.1) is 27.2 Å². The Bertz CT molecular complexity index is 1080. The SMILES string of the molecule is Cc1nc2c(s1)[C@H](N(C)C(=O)c1ccc(Oc3ccc(C(F)(F)F)cn3)cc1)CCC2. The molecular formula is C22H20F3N3O2S. The van der Waals surface area contributed by atoms with Gasteiger partial charge in [-0.15, -0.1) is 11.3 Å². The Kier molecular flexibility index (Phi) is 5.70. The number of fused-ring (bicyclic) bond motifs is 1. The maximum Gasteiger partial charge on any atom is 0.417 e. The predicted molar refractivity (Wildman–Crippen MR) is 110 cm³/mol. The van der Waals surface area contributed by atoms with Crippen LogP contribution in [0.3, 0.4) is 0 Å². The fourth-order valence-corrected chi connectivity index (χ4v) is 4.78. The molecule has 1 amide bonds. The summed E-state index contributed by atoms with van der Waals surface area (Å²) in [4.78, 5) is 24.2. The minimum Gasteiger partial charge on any atom is -0.439 e. The lowest BCUT2D eigenvalue weighted by atomic mass is 9.96. The highest BCUT2D eigenvalue weighted by Gasteiger charge is 2.31. The van der Waals surface area contributed by atoms with E-state index in [-0.39, 0.29) is 17.8 Å². The van der Waals surface area contributed by atoms with Crippen molar-refractivity contribution in [3.8, 4) is 11.6 Å². The number of nitrogens with zero attached hydrogens (tertiary/aromatic N) is 3. The number of ether oxygens (including phenoxy) is 1. The maximum atomic E-state index is 13.0. The number of carbonyl (C=O) groups is 1. The van der Waals surface area contributed by atoms with Gasteiger partial charge in [0.15, 0.2) is 0 Å². The van der Waals surface area contributed by atoms with Crippen molar-refractivity contribution in [2.45, 2.75) is 38.4 Å². The molecule has 0 bridgehead atoms. The molecule has 1 atom stereocenters. The molecule has 1 aliphatic rings. The Labute approximate surface area is 181 Å². The summed E-state index contributed by atoms with van der Waals surface area (Å²) in [6.07, 6.45) is -0.885. The Balaban J connectivity index is 1.45. The normalized spacial score (nSPS) is 16.0. The summed E-state index contributed by atoms with van der Waals surface area (Å²) >= 11 is 1.64. The van der Waals surface area contributed by atoms with E-state index in [0.717, 1.165) is 53.2 Å². The van der Waals surface area contributed by atoms with Crippen LogP contribution in [0.5, 0.6) is 11.6 Å². The number of rotatable bonds is 4. The molecule has 0 fully saturated rings. The topological polar surface area (TPSA) is 55.3 Å². The summed E-state index contributed by atoms with van der Waals surface area (Å²) in [6, 6.07) is 8.56. The zero-order chi connectivity index (χ0) is 22.2. The minimum absolute atomic E-state index is 0.00900. The van der Waals surface area contributed by atoms with Crippen molar-refractivity contribution < 1.29 is 22.7 Å². The summed E-state index contributed by atoms with van der Waals surface area (Å²) in [5, 5.41) is 1.01. The van der Waals surface area contributed by atoms with Gasteiger partial charge in [-0.05, 0) is 56.5 Å². The second-order valence-corrected chi connectivity index (χ2v) is 8.61. The second-order valence-electron chi connectivity index (χ2n) is 7.38. The van der Waals surface area contributed by atoms with E-state index >= 15 is 0 Å². The van der Waals surface area contributed by atoms with Crippen LogP contribution in [0, 0.1) is 6.92 Å². The van der Waals surface area contributed by atoms with Crippen LogP contribution in [0.2, 0.25) is 0 Å². The zero-order valence-corrected chi connectivity index (χ0v) is 17.8. The van der Waals surface area contributed by atoms with Gasteiger partial charge in [-0.2, -0.15) is 13.2 Å². The molecule has 0 N–H and O–H groups in total. The number of alkyl halides is 3. The van der Waals surface area contributed by atoms with Gasteiger partial charge in [-0.1, -0.05) is 0 Å². The third-order valence-electron chi connectivity index (χ3n) is 5.20. The van der Waals surface area contributed by atoms with Gasteiger partial charge in [0, 0.05) is 24.9 Å². The smallest absolute Gasteiger partial charge is 0.417 e. The molecule has 0 radical (unpaired) electrons. The number of hydrogen-bond acceptors (Lipinski definition) is 5. The lowest BCUT2D eigenvalue weighted by Crippen LogP contribution is -2.32. The molecule has 1 aromatic carbocycles. The minimum atomic E-state index is -4.45. The van der Waals surface area contributed by atoms with Crippen molar-refractivity contribution in [3.05, 3.63) is 69.3 Å². The molecule has 0 spiro atoms. The van der Waals surface area contributed by atoms with Gasteiger partial charge in [0.2, 0.25) is 5.88 Å². The number of halogens is 3. The number of amides is 1. The molecule has 2 heterocycles. The number of thiazole rings is 1. The standard InChI is InChI=1S/C22H20F3N3O2S/c1-13-27-17-4-3-5-18(20(17)31-13)28(2)21(29)14-6-9-16(10-7-14)30-19-11-8-15(12-26-19)22(23,24)25/h6-12,18H,3-5H2,1-2H3/t18-/m1/s1. The molecule has 0 aliphatic heterocycles. The van der Waals surface area contributed by atoms with E-state index in [1.807, 2.05) is 6.92 Å². The van der Waals surface area contributed by atoms with Crippen LogP contribution < -0.4 is 4.74 Å². The molecular weight excluding hydrogens is 427 g/mol. The second kappa shape index (κ2) is 8.30. The number of pyridine rings is 1. The first-order valence-electron chi connectivity index (χ1n) is 9.77. The average molecular weight is 447 g/mol. The first kappa shape index (κ1) is 21.3. The van der Waals surface area contributed by atoms with Crippen LogP contribution in [-0.2, 0) is 12.6 Å². The monoisotopic (exact) mass is 447 g/mol. The summed E-state index contributed by atoms with van der Waals surface area (Å²) in [5.41, 5.74) is 0.751. The Hall–Kier alpha value is -2.94. The largest absolute Gasteiger partial charge is 0.439 e. The van der Waals surface area contributed by atoms with E-state index in [2.05, 4.69) is 9.97 Å². The summed E-state index contributed by atoms with van der Waals surface area (Å²) in [5.74, 6) is 0.312. The Morgan fingerprint density at radius 1 is 1.19 bits per heavy atom. The van der Waals surface area contributed by atoms with Crippen molar-refractivity contribution in [2.24, 2.45) is 0 Å². The van der Waals surface area contributed by atoms with Crippen molar-refractivity contribution in [1.82, 2.24) is 14.9 Å². The van der Waals surface area contributed by atoms with Gasteiger partial charge < -0.3 is 9.64 Å². The molecule has 0 saturated heterocycles. The van der Waals surface area contributed by atoms with E-state index in [1.165, 1.54) is 0 Å². The fourth-order valence-electron chi connectivity index (χ4n) is 3.63. The van der Waals surface area contributed by atoms with Crippen molar-refractivity contribution in [3.63, 3.8) is 0 Å². The lowest BCUT2D eigenvalue weighted by molar-refractivity contribution is -0.137. The van der Waals surface area contributed by atoms with E-state index in [0.29, 0.717) is 11.3 Å². The van der Waals surface area contributed by atoms with Gasteiger partial charge in [0.1, 0.15) is 5.75 Å². The Morgan fingerprint density at radius 2 is 1.94 bits per heavy atom. The molecule has 3 aromatic rings. The van der Waals surface area contributed by atoms with Crippen molar-refractivity contribution >= 4 is 17.2 Å². The first-order valence-corrected chi connectivity index (χ1v) is 10.6. The molecule has 31 heavy (non-hydrogen) atoms. The van der Waals surface area contributed by atoms with Crippen molar-refractivity contribution in [2.75, 3.05) is 7.05 Å². The third-order valence-corrected chi connectivity index (χ3v) is 6.32. The lowest BCUT2D eigenvalue weighted by Gasteiger charge is -2.30. The maximum absolute atomic E-state index is 13.0. The fraction of sp³-hybridized carbons (Fsp3) is 0.318. The van der Waals surface area contributed by atoms with E-state index < -0.39 is 11.7 Å². The molecule has 9 heteroatoms. The third kappa shape index (κ3) is 4.56. The predicted octanol–water partition coefficient (Wildman–Crippen LogP) is 5.81. The number of benzene rings is 1. The van der Waals surface area contributed by atoms with Crippen LogP contribution in [-0.4, -0.2) is 27.8 Å². The summed E-state index contributed by atoms with van der Waals surface area (Å²) < 4.78 is 43.4. The molecule has 1 aliphatic carbocycles. The summed E-state index contributed by atoms with van der Waals surface area (Å²) in [7, 11) is 1.80. The summed E-state index contributed by atoms with van der Waals surface area (Å²) in [6.45, 7) is 1.98. The van der Waals surface area contributed by atoms with Crippen LogP contribution in [0.4, 0.5) is 13.2 Å².